The summed E-state index contributed by atoms with van der Waals surface area (Å²) >= 11 is 1.35. The molecule has 5 nitrogen and oxygen atoms in total. The maximum atomic E-state index is 12.3. The first-order chi connectivity index (χ1) is 10.1. The van der Waals surface area contributed by atoms with Gasteiger partial charge in [-0.05, 0) is 31.2 Å². The van der Waals surface area contributed by atoms with Crippen molar-refractivity contribution < 1.29 is 4.79 Å². The molecule has 106 valence electrons. The lowest BCUT2D eigenvalue weighted by atomic mass is 10.3. The van der Waals surface area contributed by atoms with E-state index in [1.165, 1.54) is 11.3 Å². The molecular formula is C15H14N4OS. The van der Waals surface area contributed by atoms with Crippen molar-refractivity contribution >= 4 is 33.1 Å². The lowest BCUT2D eigenvalue weighted by Crippen LogP contribution is -2.23. The SMILES string of the molecule is Cc1cccc(CNC(=O)c2sc3cccnc3c2N)n1. The second-order valence-corrected chi connectivity index (χ2v) is 5.70. The molecule has 3 N–H and O–H groups in total. The normalized spacial score (nSPS) is 10.7. The number of pyridine rings is 2. The zero-order chi connectivity index (χ0) is 14.8. The van der Waals surface area contributed by atoms with Gasteiger partial charge < -0.3 is 11.1 Å². The van der Waals surface area contributed by atoms with Crippen LogP contribution in [0.2, 0.25) is 0 Å². The molecule has 21 heavy (non-hydrogen) atoms. The number of amides is 1. The number of aromatic nitrogens is 2. The van der Waals surface area contributed by atoms with Crippen molar-refractivity contribution in [1.82, 2.24) is 15.3 Å². The number of hydrogen-bond donors (Lipinski definition) is 2. The summed E-state index contributed by atoms with van der Waals surface area (Å²) in [6.07, 6.45) is 1.67. The topological polar surface area (TPSA) is 80.9 Å². The van der Waals surface area contributed by atoms with Crippen LogP contribution in [0, 0.1) is 6.92 Å². The Kier molecular flexibility index (Phi) is 3.53. The standard InChI is InChI=1S/C15H14N4OS/c1-9-4-2-5-10(19-9)8-18-15(20)14-12(16)13-11(21-14)6-3-7-17-13/h2-7H,8,16H2,1H3,(H,18,20). The van der Waals surface area contributed by atoms with E-state index < -0.39 is 0 Å². The summed E-state index contributed by atoms with van der Waals surface area (Å²) in [4.78, 5) is 21.3. The third-order valence-corrected chi connectivity index (χ3v) is 4.22. The van der Waals surface area contributed by atoms with Crippen molar-refractivity contribution in [3.8, 4) is 0 Å². The van der Waals surface area contributed by atoms with Crippen LogP contribution in [0.5, 0.6) is 0 Å². The van der Waals surface area contributed by atoms with E-state index in [0.717, 1.165) is 16.1 Å². The van der Waals surface area contributed by atoms with E-state index in [1.54, 1.807) is 6.20 Å². The summed E-state index contributed by atoms with van der Waals surface area (Å²) < 4.78 is 0.911. The molecule has 6 heteroatoms. The highest BCUT2D eigenvalue weighted by Gasteiger charge is 2.16. The van der Waals surface area contributed by atoms with Gasteiger partial charge in [-0.2, -0.15) is 0 Å². The molecule has 0 aromatic carbocycles. The lowest BCUT2D eigenvalue weighted by molar-refractivity contribution is 0.0955. The van der Waals surface area contributed by atoms with Gasteiger partial charge in [0.25, 0.3) is 5.91 Å². The number of nitrogens with one attached hydrogen (secondary N) is 1. The number of carbonyl (C=O) groups excluding carboxylic acids is 1. The first kappa shape index (κ1) is 13.5. The first-order valence-electron chi connectivity index (χ1n) is 6.49. The van der Waals surface area contributed by atoms with Crippen LogP contribution in [0.3, 0.4) is 0 Å². The van der Waals surface area contributed by atoms with Crippen molar-refractivity contribution in [2.75, 3.05) is 5.73 Å². The average molecular weight is 298 g/mol. The van der Waals surface area contributed by atoms with E-state index in [2.05, 4.69) is 15.3 Å². The van der Waals surface area contributed by atoms with Crippen molar-refractivity contribution in [2.45, 2.75) is 13.5 Å². The first-order valence-corrected chi connectivity index (χ1v) is 7.30. The molecule has 0 aliphatic heterocycles. The average Bonchev–Trinajstić information content (AvgIpc) is 2.83. The summed E-state index contributed by atoms with van der Waals surface area (Å²) in [7, 11) is 0. The molecular weight excluding hydrogens is 284 g/mol. The van der Waals surface area contributed by atoms with Crippen LogP contribution in [0.1, 0.15) is 21.1 Å². The number of fused-ring (bicyclic) bond motifs is 1. The number of aryl methyl sites for hydroxylation is 1. The molecule has 0 aliphatic rings. The van der Waals surface area contributed by atoms with Crippen molar-refractivity contribution in [1.29, 1.82) is 0 Å². The minimum atomic E-state index is -0.196. The zero-order valence-corrected chi connectivity index (χ0v) is 12.3. The summed E-state index contributed by atoms with van der Waals surface area (Å²) in [6, 6.07) is 9.45. The molecule has 0 fully saturated rings. The van der Waals surface area contributed by atoms with Gasteiger partial charge in [-0.1, -0.05) is 6.07 Å². The number of nitrogens with two attached hydrogens (primary N) is 1. The Hall–Kier alpha value is -2.47. The van der Waals surface area contributed by atoms with Crippen LogP contribution in [-0.2, 0) is 6.54 Å². The lowest BCUT2D eigenvalue weighted by Gasteiger charge is -2.04. The second kappa shape index (κ2) is 5.49. The molecule has 1 amide bonds. The quantitative estimate of drug-likeness (QED) is 0.778. The van der Waals surface area contributed by atoms with E-state index in [4.69, 9.17) is 5.73 Å². The minimum Gasteiger partial charge on any atom is -0.396 e. The molecule has 3 rings (SSSR count). The van der Waals surface area contributed by atoms with E-state index >= 15 is 0 Å². The number of nitrogen functional groups attached to an aromatic ring is 1. The number of hydrogen-bond acceptors (Lipinski definition) is 5. The molecule has 3 aromatic heterocycles. The van der Waals surface area contributed by atoms with E-state index in [1.807, 2.05) is 37.3 Å². The number of rotatable bonds is 3. The van der Waals surface area contributed by atoms with Gasteiger partial charge in [-0.25, -0.2) is 0 Å². The Labute approximate surface area is 125 Å². The Bertz CT molecular complexity index is 812. The van der Waals surface area contributed by atoms with Crippen LogP contribution in [-0.4, -0.2) is 15.9 Å². The van der Waals surface area contributed by atoms with Crippen molar-refractivity contribution in [3.63, 3.8) is 0 Å². The Morgan fingerprint density at radius 1 is 1.33 bits per heavy atom. The third kappa shape index (κ3) is 2.71. The minimum absolute atomic E-state index is 0.196. The predicted molar refractivity (Wildman–Crippen MR) is 84.2 cm³/mol. The van der Waals surface area contributed by atoms with Gasteiger partial charge in [0.2, 0.25) is 0 Å². The molecule has 0 unspecified atom stereocenters. The maximum Gasteiger partial charge on any atom is 0.263 e. The fourth-order valence-electron chi connectivity index (χ4n) is 2.07. The monoisotopic (exact) mass is 298 g/mol. The number of thiophene rings is 1. The van der Waals surface area contributed by atoms with Crippen LogP contribution < -0.4 is 11.1 Å². The van der Waals surface area contributed by atoms with Gasteiger partial charge >= 0.3 is 0 Å². The van der Waals surface area contributed by atoms with Gasteiger partial charge in [-0.3, -0.25) is 14.8 Å². The summed E-state index contributed by atoms with van der Waals surface area (Å²) in [5, 5.41) is 2.85. The van der Waals surface area contributed by atoms with Gasteiger partial charge in [-0.15, -0.1) is 11.3 Å². The summed E-state index contributed by atoms with van der Waals surface area (Å²) in [6.45, 7) is 2.29. The molecule has 0 radical (unpaired) electrons. The highest BCUT2D eigenvalue weighted by atomic mass is 32.1. The van der Waals surface area contributed by atoms with Crippen LogP contribution in [0.25, 0.3) is 10.2 Å². The van der Waals surface area contributed by atoms with Gasteiger partial charge in [0, 0.05) is 11.9 Å². The molecule has 0 atom stereocenters. The Balaban J connectivity index is 1.79. The highest BCUT2D eigenvalue weighted by Crippen LogP contribution is 2.31. The van der Waals surface area contributed by atoms with Crippen molar-refractivity contribution in [3.05, 3.63) is 52.8 Å². The zero-order valence-electron chi connectivity index (χ0n) is 11.5. The molecule has 3 aromatic rings. The summed E-state index contributed by atoms with van der Waals surface area (Å²) in [5.41, 5.74) is 8.87. The number of carbonyl (C=O) groups is 1. The van der Waals surface area contributed by atoms with E-state index in [9.17, 15) is 4.79 Å². The van der Waals surface area contributed by atoms with Crippen LogP contribution in [0.15, 0.2) is 36.5 Å². The van der Waals surface area contributed by atoms with Crippen LogP contribution >= 0.6 is 11.3 Å². The van der Waals surface area contributed by atoms with E-state index in [0.29, 0.717) is 22.6 Å². The smallest absolute Gasteiger partial charge is 0.263 e. The molecule has 3 heterocycles. The predicted octanol–water partition coefficient (Wildman–Crippen LogP) is 2.51. The molecule has 0 aliphatic carbocycles. The molecule has 0 spiro atoms. The fraction of sp³-hybridized carbons (Fsp3) is 0.133. The molecule has 0 saturated heterocycles. The van der Waals surface area contributed by atoms with E-state index in [-0.39, 0.29) is 5.91 Å². The Morgan fingerprint density at radius 3 is 2.95 bits per heavy atom. The largest absolute Gasteiger partial charge is 0.396 e. The second-order valence-electron chi connectivity index (χ2n) is 4.65. The Morgan fingerprint density at radius 2 is 2.19 bits per heavy atom. The number of nitrogens with zero attached hydrogens (tertiary/aromatic N) is 2. The molecule has 0 saturated carbocycles. The highest BCUT2D eigenvalue weighted by molar-refractivity contribution is 7.21. The van der Waals surface area contributed by atoms with Crippen LogP contribution in [0.4, 0.5) is 5.69 Å². The maximum absolute atomic E-state index is 12.3. The molecule has 0 bridgehead atoms. The fourth-order valence-corrected chi connectivity index (χ4v) is 3.06. The van der Waals surface area contributed by atoms with Gasteiger partial charge in [0.05, 0.1) is 22.6 Å². The number of anilines is 1. The third-order valence-electron chi connectivity index (χ3n) is 3.06. The van der Waals surface area contributed by atoms with Gasteiger partial charge in [0.15, 0.2) is 0 Å². The van der Waals surface area contributed by atoms with Gasteiger partial charge in [0.1, 0.15) is 10.4 Å². The van der Waals surface area contributed by atoms with Crippen molar-refractivity contribution in [2.24, 2.45) is 0 Å². The summed E-state index contributed by atoms with van der Waals surface area (Å²) in [5.74, 6) is -0.196.